The number of anilines is 1. The van der Waals surface area contributed by atoms with Crippen molar-refractivity contribution in [2.45, 2.75) is 32.2 Å². The summed E-state index contributed by atoms with van der Waals surface area (Å²) in [7, 11) is 0. The SMILES string of the molecule is CC1(C)Cc2cc(-c3cc(OC(F)(F)F)ccc3O)ccc2N1. The topological polar surface area (TPSA) is 41.5 Å². The molecule has 0 atom stereocenters. The van der Waals surface area contributed by atoms with Gasteiger partial charge in [-0.05, 0) is 61.7 Å². The Morgan fingerprint density at radius 1 is 1.13 bits per heavy atom. The van der Waals surface area contributed by atoms with E-state index in [0.717, 1.165) is 23.7 Å². The van der Waals surface area contributed by atoms with Crippen molar-refractivity contribution in [2.75, 3.05) is 5.32 Å². The predicted molar refractivity (Wildman–Crippen MR) is 81.6 cm³/mol. The van der Waals surface area contributed by atoms with Crippen LogP contribution < -0.4 is 10.1 Å². The number of fused-ring (bicyclic) bond motifs is 1. The van der Waals surface area contributed by atoms with Crippen molar-refractivity contribution in [2.24, 2.45) is 0 Å². The number of phenolic OH excluding ortho intramolecular Hbond substituents is 1. The van der Waals surface area contributed by atoms with Crippen LogP contribution in [0.2, 0.25) is 0 Å². The second kappa shape index (κ2) is 5.08. The van der Waals surface area contributed by atoms with Gasteiger partial charge in [0.1, 0.15) is 11.5 Å². The number of nitrogens with one attached hydrogen (secondary N) is 1. The lowest BCUT2D eigenvalue weighted by molar-refractivity contribution is -0.274. The number of alkyl halides is 3. The third-order valence-electron chi connectivity index (χ3n) is 3.72. The molecule has 0 saturated heterocycles. The monoisotopic (exact) mass is 323 g/mol. The minimum Gasteiger partial charge on any atom is -0.507 e. The first-order valence-electron chi connectivity index (χ1n) is 7.13. The Kier molecular flexibility index (Phi) is 3.43. The van der Waals surface area contributed by atoms with Crippen molar-refractivity contribution < 1.29 is 23.0 Å². The van der Waals surface area contributed by atoms with Crippen molar-refractivity contribution in [3.05, 3.63) is 42.0 Å². The summed E-state index contributed by atoms with van der Waals surface area (Å²) in [4.78, 5) is 0. The molecule has 0 spiro atoms. The van der Waals surface area contributed by atoms with Gasteiger partial charge in [-0.3, -0.25) is 0 Å². The largest absolute Gasteiger partial charge is 0.573 e. The van der Waals surface area contributed by atoms with Crippen LogP contribution in [0.4, 0.5) is 18.9 Å². The Morgan fingerprint density at radius 2 is 1.87 bits per heavy atom. The van der Waals surface area contributed by atoms with E-state index in [1.807, 2.05) is 12.1 Å². The van der Waals surface area contributed by atoms with Gasteiger partial charge in [-0.2, -0.15) is 0 Å². The second-order valence-electron chi connectivity index (χ2n) is 6.28. The van der Waals surface area contributed by atoms with Gasteiger partial charge in [0.15, 0.2) is 0 Å². The lowest BCUT2D eigenvalue weighted by Crippen LogP contribution is -2.26. The van der Waals surface area contributed by atoms with E-state index in [1.54, 1.807) is 6.07 Å². The van der Waals surface area contributed by atoms with Crippen LogP contribution in [0.1, 0.15) is 19.4 Å². The van der Waals surface area contributed by atoms with Gasteiger partial charge < -0.3 is 15.2 Å². The van der Waals surface area contributed by atoms with Gasteiger partial charge in [0.05, 0.1) is 0 Å². The Hall–Kier alpha value is -2.37. The molecule has 0 aromatic heterocycles. The quantitative estimate of drug-likeness (QED) is 0.841. The number of hydrogen-bond donors (Lipinski definition) is 2. The van der Waals surface area contributed by atoms with Gasteiger partial charge in [-0.1, -0.05) is 6.07 Å². The summed E-state index contributed by atoms with van der Waals surface area (Å²) >= 11 is 0. The van der Waals surface area contributed by atoms with Crippen molar-refractivity contribution >= 4 is 5.69 Å². The maximum absolute atomic E-state index is 12.3. The van der Waals surface area contributed by atoms with E-state index in [0.29, 0.717) is 11.1 Å². The number of benzene rings is 2. The summed E-state index contributed by atoms with van der Waals surface area (Å²) in [6.07, 6.45) is -3.96. The summed E-state index contributed by atoms with van der Waals surface area (Å²) in [5.74, 6) is -0.450. The minimum atomic E-state index is -4.76. The first-order chi connectivity index (χ1) is 10.6. The lowest BCUT2D eigenvalue weighted by Gasteiger charge is -2.17. The third-order valence-corrected chi connectivity index (χ3v) is 3.72. The summed E-state index contributed by atoms with van der Waals surface area (Å²) in [5.41, 5.74) is 2.95. The Labute approximate surface area is 131 Å². The molecule has 0 fully saturated rings. The average Bonchev–Trinajstić information content (AvgIpc) is 2.72. The van der Waals surface area contributed by atoms with Crippen molar-refractivity contribution in [3.63, 3.8) is 0 Å². The van der Waals surface area contributed by atoms with Crippen LogP contribution in [0.25, 0.3) is 11.1 Å². The van der Waals surface area contributed by atoms with Crippen molar-refractivity contribution in [3.8, 4) is 22.6 Å². The normalized spacial score (nSPS) is 15.9. The summed E-state index contributed by atoms with van der Waals surface area (Å²) < 4.78 is 41.0. The van der Waals surface area contributed by atoms with Crippen LogP contribution in [0.15, 0.2) is 36.4 Å². The molecule has 0 bridgehead atoms. The van der Waals surface area contributed by atoms with E-state index in [2.05, 4.69) is 23.9 Å². The minimum absolute atomic E-state index is 0.0652. The number of ether oxygens (including phenoxy) is 1. The fourth-order valence-electron chi connectivity index (χ4n) is 2.86. The number of halogens is 3. The molecule has 2 aromatic carbocycles. The predicted octanol–water partition coefficient (Wildman–Crippen LogP) is 4.70. The standard InChI is InChI=1S/C17H16F3NO2/c1-16(2)9-11-7-10(3-5-14(11)21-16)13-8-12(4-6-15(13)22)23-17(18,19)20/h3-8,21-22H,9H2,1-2H3. The molecule has 0 radical (unpaired) electrons. The van der Waals surface area contributed by atoms with Crippen LogP contribution in [0.3, 0.4) is 0 Å². The van der Waals surface area contributed by atoms with Crippen molar-refractivity contribution in [1.29, 1.82) is 0 Å². The highest BCUT2D eigenvalue weighted by Crippen LogP contribution is 2.39. The maximum Gasteiger partial charge on any atom is 0.573 e. The zero-order valence-electron chi connectivity index (χ0n) is 12.7. The molecule has 2 N–H and O–H groups in total. The van der Waals surface area contributed by atoms with Gasteiger partial charge in [0, 0.05) is 16.8 Å². The smallest absolute Gasteiger partial charge is 0.507 e. The third kappa shape index (κ3) is 3.36. The van der Waals surface area contributed by atoms with E-state index < -0.39 is 6.36 Å². The van der Waals surface area contributed by atoms with Gasteiger partial charge in [-0.25, -0.2) is 0 Å². The Morgan fingerprint density at radius 3 is 2.57 bits per heavy atom. The zero-order chi connectivity index (χ0) is 16.8. The summed E-state index contributed by atoms with van der Waals surface area (Å²) in [6.45, 7) is 4.14. The first kappa shape index (κ1) is 15.5. The molecule has 2 aromatic rings. The Bertz CT molecular complexity index is 754. The number of phenols is 1. The molecule has 3 rings (SSSR count). The van der Waals surface area contributed by atoms with E-state index in [4.69, 9.17) is 0 Å². The van der Waals surface area contributed by atoms with E-state index in [9.17, 15) is 18.3 Å². The highest BCUT2D eigenvalue weighted by atomic mass is 19.4. The van der Waals surface area contributed by atoms with E-state index in [-0.39, 0.29) is 17.0 Å². The highest BCUT2D eigenvalue weighted by Gasteiger charge is 2.31. The van der Waals surface area contributed by atoms with E-state index >= 15 is 0 Å². The second-order valence-corrected chi connectivity index (χ2v) is 6.28. The van der Waals surface area contributed by atoms with Crippen LogP contribution >= 0.6 is 0 Å². The molecule has 1 aliphatic heterocycles. The fourth-order valence-corrected chi connectivity index (χ4v) is 2.86. The molecular weight excluding hydrogens is 307 g/mol. The zero-order valence-corrected chi connectivity index (χ0v) is 12.7. The molecule has 1 heterocycles. The van der Waals surface area contributed by atoms with E-state index in [1.165, 1.54) is 12.1 Å². The fraction of sp³-hybridized carbons (Fsp3) is 0.294. The molecule has 0 unspecified atom stereocenters. The average molecular weight is 323 g/mol. The molecular formula is C17H16F3NO2. The van der Waals surface area contributed by atoms with Crippen LogP contribution in [0, 0.1) is 0 Å². The molecule has 23 heavy (non-hydrogen) atoms. The summed E-state index contributed by atoms with van der Waals surface area (Å²) in [5, 5.41) is 13.4. The molecule has 0 aliphatic carbocycles. The maximum atomic E-state index is 12.3. The van der Waals surface area contributed by atoms with Gasteiger partial charge in [0.25, 0.3) is 0 Å². The van der Waals surface area contributed by atoms with Crippen molar-refractivity contribution in [1.82, 2.24) is 0 Å². The molecule has 6 heteroatoms. The molecule has 3 nitrogen and oxygen atoms in total. The summed E-state index contributed by atoms with van der Waals surface area (Å²) in [6, 6.07) is 8.99. The van der Waals surface area contributed by atoms with Crippen LogP contribution in [0.5, 0.6) is 11.5 Å². The number of rotatable bonds is 2. The van der Waals surface area contributed by atoms with Crippen LogP contribution in [-0.2, 0) is 6.42 Å². The number of hydrogen-bond acceptors (Lipinski definition) is 3. The Balaban J connectivity index is 1.98. The van der Waals surface area contributed by atoms with Gasteiger partial charge >= 0.3 is 6.36 Å². The molecule has 122 valence electrons. The van der Waals surface area contributed by atoms with Crippen LogP contribution in [-0.4, -0.2) is 17.0 Å². The molecule has 0 amide bonds. The highest BCUT2D eigenvalue weighted by molar-refractivity contribution is 5.75. The molecule has 1 aliphatic rings. The first-order valence-corrected chi connectivity index (χ1v) is 7.13. The number of aromatic hydroxyl groups is 1. The van der Waals surface area contributed by atoms with Gasteiger partial charge in [0.2, 0.25) is 0 Å². The molecule has 0 saturated carbocycles. The lowest BCUT2D eigenvalue weighted by atomic mass is 9.97. The van der Waals surface area contributed by atoms with Gasteiger partial charge in [-0.15, -0.1) is 13.2 Å².